The van der Waals surface area contributed by atoms with E-state index in [1.807, 2.05) is 72.8 Å². The number of ether oxygens (including phenoxy) is 2. The molecule has 0 saturated carbocycles. The molecule has 9 heteroatoms. The van der Waals surface area contributed by atoms with E-state index in [0.29, 0.717) is 10.0 Å². The molecular formula is C35H35Cl2N5O2. The second-order valence-corrected chi connectivity index (χ2v) is 11.8. The largest absolute Gasteiger partial charge is 0.497 e. The first-order valence-electron chi connectivity index (χ1n) is 14.7. The van der Waals surface area contributed by atoms with Crippen LogP contribution < -0.4 is 20.1 Å². The summed E-state index contributed by atoms with van der Waals surface area (Å²) < 4.78 is 11.0. The highest BCUT2D eigenvalue weighted by Gasteiger charge is 2.13. The van der Waals surface area contributed by atoms with Gasteiger partial charge in [-0.1, -0.05) is 23.2 Å². The number of aromatic nitrogens is 2. The SMILES string of the molecule is COc1ccc2nc3cc(Cl)ccc3c(NCCCN(C)CCCNc3c4ccc(Cl)cc4nc4ccc(OC)cc34)c2c1. The van der Waals surface area contributed by atoms with Crippen LogP contribution in [-0.4, -0.2) is 62.3 Å². The predicted molar refractivity (Wildman–Crippen MR) is 185 cm³/mol. The van der Waals surface area contributed by atoms with Crippen LogP contribution in [0, 0.1) is 0 Å². The van der Waals surface area contributed by atoms with Crippen molar-refractivity contribution < 1.29 is 9.47 Å². The first-order chi connectivity index (χ1) is 21.4. The molecule has 0 unspecified atom stereocenters. The van der Waals surface area contributed by atoms with Crippen LogP contribution in [0.5, 0.6) is 11.5 Å². The maximum absolute atomic E-state index is 6.28. The Balaban J connectivity index is 1.07. The molecule has 0 aliphatic rings. The van der Waals surface area contributed by atoms with Crippen LogP contribution in [0.15, 0.2) is 72.8 Å². The lowest BCUT2D eigenvalue weighted by Crippen LogP contribution is -2.24. The Labute approximate surface area is 267 Å². The molecule has 2 heterocycles. The van der Waals surface area contributed by atoms with Crippen LogP contribution >= 0.6 is 23.2 Å². The van der Waals surface area contributed by atoms with Gasteiger partial charge in [0.25, 0.3) is 0 Å². The fourth-order valence-electron chi connectivity index (χ4n) is 5.66. The summed E-state index contributed by atoms with van der Waals surface area (Å²) in [6.07, 6.45) is 1.99. The van der Waals surface area contributed by atoms with E-state index in [-0.39, 0.29) is 0 Å². The summed E-state index contributed by atoms with van der Waals surface area (Å²) in [6.45, 7) is 3.60. The van der Waals surface area contributed by atoms with Gasteiger partial charge < -0.3 is 25.0 Å². The molecule has 0 spiro atoms. The zero-order valence-electron chi connectivity index (χ0n) is 25.1. The number of halogens is 2. The number of hydrogen-bond acceptors (Lipinski definition) is 7. The second-order valence-electron chi connectivity index (χ2n) is 10.9. The zero-order valence-corrected chi connectivity index (χ0v) is 26.6. The molecule has 6 rings (SSSR count). The van der Waals surface area contributed by atoms with Crippen molar-refractivity contribution in [3.63, 3.8) is 0 Å². The van der Waals surface area contributed by atoms with Crippen molar-refractivity contribution in [2.45, 2.75) is 12.8 Å². The van der Waals surface area contributed by atoms with Gasteiger partial charge >= 0.3 is 0 Å². The van der Waals surface area contributed by atoms with Gasteiger partial charge in [0.15, 0.2) is 0 Å². The molecule has 2 N–H and O–H groups in total. The number of nitrogens with zero attached hydrogens (tertiary/aromatic N) is 3. The Bertz CT molecular complexity index is 1830. The molecule has 44 heavy (non-hydrogen) atoms. The van der Waals surface area contributed by atoms with Crippen molar-refractivity contribution >= 4 is 78.2 Å². The van der Waals surface area contributed by atoms with Crippen LogP contribution in [0.2, 0.25) is 10.0 Å². The third-order valence-corrected chi connectivity index (χ3v) is 8.39. The van der Waals surface area contributed by atoms with Gasteiger partial charge in [-0.3, -0.25) is 0 Å². The highest BCUT2D eigenvalue weighted by atomic mass is 35.5. The lowest BCUT2D eigenvalue weighted by molar-refractivity contribution is 0.331. The highest BCUT2D eigenvalue weighted by Crippen LogP contribution is 2.35. The fraction of sp³-hybridized carbons (Fsp3) is 0.257. The molecule has 0 aliphatic carbocycles. The Morgan fingerprint density at radius 1 is 0.591 bits per heavy atom. The first-order valence-corrected chi connectivity index (χ1v) is 15.5. The lowest BCUT2D eigenvalue weighted by atomic mass is 10.1. The number of rotatable bonds is 12. The lowest BCUT2D eigenvalue weighted by Gasteiger charge is -2.19. The third kappa shape index (κ3) is 6.41. The van der Waals surface area contributed by atoms with E-state index >= 15 is 0 Å². The third-order valence-electron chi connectivity index (χ3n) is 7.92. The number of fused-ring (bicyclic) bond motifs is 4. The summed E-state index contributed by atoms with van der Waals surface area (Å²) in [7, 11) is 5.54. The van der Waals surface area contributed by atoms with Crippen LogP contribution in [0.3, 0.4) is 0 Å². The van der Waals surface area contributed by atoms with Gasteiger partial charge in [-0.15, -0.1) is 0 Å². The van der Waals surface area contributed by atoms with E-state index in [9.17, 15) is 0 Å². The van der Waals surface area contributed by atoms with Crippen molar-refractivity contribution in [3.8, 4) is 11.5 Å². The number of nitrogens with one attached hydrogen (secondary N) is 2. The summed E-state index contributed by atoms with van der Waals surface area (Å²) in [5, 5.41) is 12.9. The Kier molecular flexibility index (Phi) is 9.07. The zero-order chi connectivity index (χ0) is 30.6. The van der Waals surface area contributed by atoms with Gasteiger partial charge in [0.2, 0.25) is 0 Å². The fourth-order valence-corrected chi connectivity index (χ4v) is 6.00. The summed E-state index contributed by atoms with van der Waals surface area (Å²) in [5.74, 6) is 1.61. The standard InChI is InChI=1S/C35H35Cl2N5O2/c1-42(16-4-14-38-34-26-10-6-22(36)18-32(26)40-30-12-8-24(43-2)20-28(30)34)17-5-15-39-35-27-11-7-23(37)19-33(27)41-31-13-9-25(44-3)21-29(31)35/h6-13,18-21H,4-5,14-17H2,1-3H3,(H,38,40)(H,39,41). The molecule has 2 aromatic heterocycles. The number of hydrogen-bond donors (Lipinski definition) is 2. The molecule has 226 valence electrons. The molecule has 0 amide bonds. The molecule has 0 aliphatic heterocycles. The summed E-state index contributed by atoms with van der Waals surface area (Å²) >= 11 is 12.6. The minimum Gasteiger partial charge on any atom is -0.497 e. The number of benzene rings is 4. The van der Waals surface area contributed by atoms with Gasteiger partial charge in [-0.05, 0) is 106 Å². The molecule has 0 saturated heterocycles. The molecule has 7 nitrogen and oxygen atoms in total. The Hall–Kier alpha value is -4.04. The molecule has 0 radical (unpaired) electrons. The number of methoxy groups -OCH3 is 2. The Morgan fingerprint density at radius 3 is 1.48 bits per heavy atom. The molecule has 6 aromatic rings. The van der Waals surface area contributed by atoms with Gasteiger partial charge in [0.05, 0.1) is 47.7 Å². The van der Waals surface area contributed by atoms with Gasteiger partial charge in [0.1, 0.15) is 11.5 Å². The van der Waals surface area contributed by atoms with Crippen molar-refractivity contribution in [1.82, 2.24) is 14.9 Å². The smallest absolute Gasteiger partial charge is 0.119 e. The molecule has 0 bridgehead atoms. The van der Waals surface area contributed by atoms with Crippen LogP contribution in [0.1, 0.15) is 12.8 Å². The highest BCUT2D eigenvalue weighted by molar-refractivity contribution is 6.32. The van der Waals surface area contributed by atoms with E-state index in [0.717, 1.165) is 106 Å². The average Bonchev–Trinajstić information content (AvgIpc) is 3.03. The van der Waals surface area contributed by atoms with Crippen LogP contribution in [-0.2, 0) is 0 Å². The van der Waals surface area contributed by atoms with E-state index < -0.39 is 0 Å². The summed E-state index contributed by atoms with van der Waals surface area (Å²) in [4.78, 5) is 12.0. The number of pyridine rings is 2. The first kappa shape index (κ1) is 30.0. The van der Waals surface area contributed by atoms with Crippen molar-refractivity contribution in [2.24, 2.45) is 0 Å². The maximum Gasteiger partial charge on any atom is 0.119 e. The second kappa shape index (κ2) is 13.3. The Morgan fingerprint density at radius 2 is 1.05 bits per heavy atom. The van der Waals surface area contributed by atoms with E-state index in [1.165, 1.54) is 0 Å². The van der Waals surface area contributed by atoms with Gasteiger partial charge in [0, 0.05) is 44.7 Å². The molecule has 0 atom stereocenters. The average molecular weight is 629 g/mol. The maximum atomic E-state index is 6.28. The summed E-state index contributed by atoms with van der Waals surface area (Å²) in [6, 6.07) is 23.6. The van der Waals surface area contributed by atoms with Crippen LogP contribution in [0.4, 0.5) is 11.4 Å². The molecule has 0 fully saturated rings. The minimum absolute atomic E-state index is 0.675. The van der Waals surface area contributed by atoms with Crippen molar-refractivity contribution in [3.05, 3.63) is 82.8 Å². The summed E-state index contributed by atoms with van der Waals surface area (Å²) in [5.41, 5.74) is 5.68. The topological polar surface area (TPSA) is 71.5 Å². The normalized spacial score (nSPS) is 11.6. The minimum atomic E-state index is 0.675. The van der Waals surface area contributed by atoms with Gasteiger partial charge in [-0.2, -0.15) is 0 Å². The van der Waals surface area contributed by atoms with Crippen molar-refractivity contribution in [2.75, 3.05) is 58.1 Å². The van der Waals surface area contributed by atoms with Gasteiger partial charge in [-0.25, -0.2) is 9.97 Å². The van der Waals surface area contributed by atoms with Crippen molar-refractivity contribution in [1.29, 1.82) is 0 Å². The quantitative estimate of drug-likeness (QED) is 0.104. The molecular weight excluding hydrogens is 593 g/mol. The van der Waals surface area contributed by atoms with E-state index in [2.05, 4.69) is 22.6 Å². The molecule has 4 aromatic carbocycles. The van der Waals surface area contributed by atoms with E-state index in [1.54, 1.807) is 14.2 Å². The number of anilines is 2. The monoisotopic (exact) mass is 627 g/mol. The van der Waals surface area contributed by atoms with Crippen LogP contribution in [0.25, 0.3) is 43.6 Å². The predicted octanol–water partition coefficient (Wildman–Crippen LogP) is 8.65. The van der Waals surface area contributed by atoms with E-state index in [4.69, 9.17) is 42.6 Å².